The molecule has 0 spiro atoms. The Morgan fingerprint density at radius 1 is 1.37 bits per heavy atom. The normalized spacial score (nSPS) is 16.9. The lowest BCUT2D eigenvalue weighted by molar-refractivity contribution is -0.137. The van der Waals surface area contributed by atoms with Gasteiger partial charge < -0.3 is 10.4 Å². The fourth-order valence-electron chi connectivity index (χ4n) is 1.98. The molecule has 1 aliphatic carbocycles. The largest absolute Gasteiger partial charge is 0.481 e. The number of nitrogens with one attached hydrogen (secondary N) is 1. The summed E-state index contributed by atoms with van der Waals surface area (Å²) in [6.07, 6.45) is 2.11. The molecule has 0 aromatic heterocycles. The zero-order valence-corrected chi connectivity index (χ0v) is 11.1. The van der Waals surface area contributed by atoms with E-state index in [1.807, 2.05) is 0 Å². The van der Waals surface area contributed by atoms with Crippen molar-refractivity contribution in [3.8, 4) is 0 Å². The van der Waals surface area contributed by atoms with Gasteiger partial charge in [-0.15, -0.1) is 0 Å². The van der Waals surface area contributed by atoms with Gasteiger partial charge in [-0.05, 0) is 43.0 Å². The molecule has 0 saturated heterocycles. The van der Waals surface area contributed by atoms with E-state index in [-0.39, 0.29) is 17.4 Å². The van der Waals surface area contributed by atoms with Crippen LogP contribution in [0, 0.1) is 5.92 Å². The van der Waals surface area contributed by atoms with Gasteiger partial charge in [0.2, 0.25) is 10.0 Å². The molecular weight excluding hydrogens is 268 g/mol. The molecular formula is C12H16N2O4S. The monoisotopic (exact) mass is 284 g/mol. The van der Waals surface area contributed by atoms with E-state index in [0.717, 1.165) is 12.8 Å². The van der Waals surface area contributed by atoms with Crippen LogP contribution in [-0.4, -0.2) is 25.5 Å². The van der Waals surface area contributed by atoms with Crippen molar-refractivity contribution in [1.82, 2.24) is 0 Å². The summed E-state index contributed by atoms with van der Waals surface area (Å²) in [5.74, 6) is -0.459. The second-order valence-corrected chi connectivity index (χ2v) is 6.32. The van der Waals surface area contributed by atoms with Crippen molar-refractivity contribution in [2.24, 2.45) is 11.1 Å². The van der Waals surface area contributed by atoms with E-state index in [1.165, 1.54) is 12.1 Å². The minimum atomic E-state index is -3.69. The Bertz CT molecular complexity index is 564. The highest BCUT2D eigenvalue weighted by atomic mass is 32.2. The summed E-state index contributed by atoms with van der Waals surface area (Å²) >= 11 is 0. The van der Waals surface area contributed by atoms with Crippen LogP contribution in [0.1, 0.15) is 19.3 Å². The lowest BCUT2D eigenvalue weighted by Crippen LogP contribution is -2.25. The van der Waals surface area contributed by atoms with Gasteiger partial charge in [-0.3, -0.25) is 4.79 Å². The third kappa shape index (κ3) is 3.93. The zero-order chi connectivity index (χ0) is 14.0. The first-order chi connectivity index (χ1) is 8.86. The number of hydrogen-bond acceptors (Lipinski definition) is 4. The van der Waals surface area contributed by atoms with Crippen LogP contribution < -0.4 is 10.5 Å². The van der Waals surface area contributed by atoms with Crippen LogP contribution in [0.5, 0.6) is 0 Å². The molecule has 7 heteroatoms. The van der Waals surface area contributed by atoms with Crippen LogP contribution in [-0.2, 0) is 14.8 Å². The van der Waals surface area contributed by atoms with Crippen LogP contribution in [0.4, 0.5) is 5.69 Å². The van der Waals surface area contributed by atoms with Crippen molar-refractivity contribution < 1.29 is 18.3 Å². The van der Waals surface area contributed by atoms with Crippen LogP contribution in [0.25, 0.3) is 0 Å². The highest BCUT2D eigenvalue weighted by Crippen LogP contribution is 2.35. The number of anilines is 1. The SMILES string of the molecule is NS(=O)(=O)c1ccc(NC(CC(=O)O)C2CC2)cc1. The summed E-state index contributed by atoms with van der Waals surface area (Å²) in [6, 6.07) is 5.89. The minimum Gasteiger partial charge on any atom is -0.481 e. The molecule has 2 rings (SSSR count). The molecule has 1 unspecified atom stereocenters. The maximum atomic E-state index is 11.1. The number of hydrogen-bond donors (Lipinski definition) is 3. The van der Waals surface area contributed by atoms with Gasteiger partial charge in [0.1, 0.15) is 0 Å². The van der Waals surface area contributed by atoms with Gasteiger partial charge in [0.25, 0.3) is 0 Å². The molecule has 0 heterocycles. The third-order valence-electron chi connectivity index (χ3n) is 3.12. The molecule has 1 aliphatic rings. The van der Waals surface area contributed by atoms with E-state index >= 15 is 0 Å². The molecule has 0 radical (unpaired) electrons. The van der Waals surface area contributed by atoms with Gasteiger partial charge in [-0.1, -0.05) is 0 Å². The van der Waals surface area contributed by atoms with Crippen LogP contribution in [0.3, 0.4) is 0 Å². The number of rotatable bonds is 6. The zero-order valence-electron chi connectivity index (χ0n) is 10.2. The van der Waals surface area contributed by atoms with E-state index in [9.17, 15) is 13.2 Å². The summed E-state index contributed by atoms with van der Waals surface area (Å²) in [6.45, 7) is 0. The summed E-state index contributed by atoms with van der Waals surface area (Å²) in [5, 5.41) is 17.0. The lowest BCUT2D eigenvalue weighted by Gasteiger charge is -2.17. The van der Waals surface area contributed by atoms with Crippen molar-refractivity contribution in [3.05, 3.63) is 24.3 Å². The Morgan fingerprint density at radius 2 is 1.95 bits per heavy atom. The highest BCUT2D eigenvalue weighted by molar-refractivity contribution is 7.89. The number of sulfonamides is 1. The number of carbonyl (C=O) groups is 1. The Morgan fingerprint density at radius 3 is 2.37 bits per heavy atom. The Kier molecular flexibility index (Phi) is 3.77. The van der Waals surface area contributed by atoms with Crippen molar-refractivity contribution in [2.75, 3.05) is 5.32 Å². The van der Waals surface area contributed by atoms with Gasteiger partial charge >= 0.3 is 5.97 Å². The van der Waals surface area contributed by atoms with Crippen molar-refractivity contribution in [2.45, 2.75) is 30.2 Å². The fourth-order valence-corrected chi connectivity index (χ4v) is 2.49. The maximum Gasteiger partial charge on any atom is 0.305 e. The molecule has 1 aromatic rings. The quantitative estimate of drug-likeness (QED) is 0.722. The number of benzene rings is 1. The number of carboxylic acids is 1. The van der Waals surface area contributed by atoms with Crippen LogP contribution >= 0.6 is 0 Å². The van der Waals surface area contributed by atoms with Crippen molar-refractivity contribution >= 4 is 21.7 Å². The summed E-state index contributed by atoms with van der Waals surface area (Å²) in [7, 11) is -3.69. The average Bonchev–Trinajstić information content (AvgIpc) is 3.10. The van der Waals surface area contributed by atoms with E-state index in [4.69, 9.17) is 10.2 Å². The summed E-state index contributed by atoms with van der Waals surface area (Å²) in [4.78, 5) is 10.8. The van der Waals surface area contributed by atoms with E-state index < -0.39 is 16.0 Å². The molecule has 19 heavy (non-hydrogen) atoms. The van der Waals surface area contributed by atoms with Crippen molar-refractivity contribution in [3.63, 3.8) is 0 Å². The molecule has 0 aliphatic heterocycles. The molecule has 104 valence electrons. The molecule has 1 saturated carbocycles. The minimum absolute atomic E-state index is 0.0410. The van der Waals surface area contributed by atoms with Gasteiger partial charge in [0, 0.05) is 11.7 Å². The van der Waals surface area contributed by atoms with E-state index in [2.05, 4.69) is 5.32 Å². The number of carboxylic acid groups (broad SMARTS) is 1. The Balaban J connectivity index is 2.07. The molecule has 1 atom stereocenters. The van der Waals surface area contributed by atoms with Gasteiger partial charge in [-0.25, -0.2) is 13.6 Å². The molecule has 0 amide bonds. The van der Waals surface area contributed by atoms with Crippen LogP contribution in [0.2, 0.25) is 0 Å². The predicted octanol–water partition coefficient (Wildman–Crippen LogP) is 0.999. The van der Waals surface area contributed by atoms with Crippen LogP contribution in [0.15, 0.2) is 29.2 Å². The molecule has 1 aromatic carbocycles. The second-order valence-electron chi connectivity index (χ2n) is 4.76. The smallest absolute Gasteiger partial charge is 0.305 e. The first-order valence-electron chi connectivity index (χ1n) is 5.97. The van der Waals surface area contributed by atoms with Gasteiger partial charge in [-0.2, -0.15) is 0 Å². The van der Waals surface area contributed by atoms with Gasteiger partial charge in [0.05, 0.1) is 11.3 Å². The van der Waals surface area contributed by atoms with Gasteiger partial charge in [0.15, 0.2) is 0 Å². The Labute approximate surface area is 111 Å². The predicted molar refractivity (Wildman–Crippen MR) is 70.2 cm³/mol. The molecule has 4 N–H and O–H groups in total. The number of primary sulfonamides is 1. The number of aliphatic carboxylic acids is 1. The first-order valence-corrected chi connectivity index (χ1v) is 7.52. The topological polar surface area (TPSA) is 109 Å². The second kappa shape index (κ2) is 5.18. The van der Waals surface area contributed by atoms with E-state index in [0.29, 0.717) is 11.6 Å². The summed E-state index contributed by atoms with van der Waals surface area (Å²) in [5.41, 5.74) is 0.700. The molecule has 0 bridgehead atoms. The standard InChI is InChI=1S/C12H16N2O4S/c13-19(17,18)10-5-3-9(4-6-10)14-11(7-12(15)16)8-1-2-8/h3-6,8,11,14H,1-2,7H2,(H,15,16)(H2,13,17,18). The fraction of sp³-hybridized carbons (Fsp3) is 0.417. The molecule has 6 nitrogen and oxygen atoms in total. The van der Waals surface area contributed by atoms with E-state index in [1.54, 1.807) is 12.1 Å². The summed E-state index contributed by atoms with van der Waals surface area (Å²) < 4.78 is 22.2. The highest BCUT2D eigenvalue weighted by Gasteiger charge is 2.32. The third-order valence-corrected chi connectivity index (χ3v) is 4.05. The maximum absolute atomic E-state index is 11.1. The molecule has 1 fully saturated rings. The lowest BCUT2D eigenvalue weighted by atomic mass is 10.1. The first kappa shape index (κ1) is 13.8. The Hall–Kier alpha value is -1.60. The number of nitrogens with two attached hydrogens (primary N) is 1. The average molecular weight is 284 g/mol. The van der Waals surface area contributed by atoms with Crippen molar-refractivity contribution in [1.29, 1.82) is 0 Å².